The molecular weight excluding hydrogens is 455 g/mol. The first kappa shape index (κ1) is 16.0. The molecule has 0 unspecified atom stereocenters. The van der Waals surface area contributed by atoms with Gasteiger partial charge in [-0.3, -0.25) is 15.4 Å². The number of alkyl halides is 1. The van der Waals surface area contributed by atoms with E-state index in [2.05, 4.69) is 4.98 Å². The Morgan fingerprint density at radius 2 is 2.19 bits per heavy atom. The van der Waals surface area contributed by atoms with E-state index in [0.717, 1.165) is 4.57 Å². The molecule has 0 spiro atoms. The van der Waals surface area contributed by atoms with E-state index < -0.39 is 24.2 Å². The Balaban J connectivity index is 0.00000161. The van der Waals surface area contributed by atoms with Gasteiger partial charge in [-0.2, -0.15) is 4.98 Å². The van der Waals surface area contributed by atoms with Crippen LogP contribution in [-0.2, 0) is 24.5 Å². The van der Waals surface area contributed by atoms with Crippen LogP contribution in [0.2, 0.25) is 0 Å². The molecule has 0 aliphatic carbocycles. The average Bonchev–Trinajstić information content (AvgIpc) is 2.80. The number of anilines is 1. The van der Waals surface area contributed by atoms with Crippen LogP contribution in [0.1, 0.15) is 6.23 Å². The second-order valence-electron chi connectivity index (χ2n) is 4.55. The van der Waals surface area contributed by atoms with E-state index in [0.29, 0.717) is 10.9 Å². The van der Waals surface area contributed by atoms with Gasteiger partial charge < -0.3 is 15.6 Å². The molecule has 21 heavy (non-hydrogen) atoms. The Labute approximate surface area is 132 Å². The van der Waals surface area contributed by atoms with Gasteiger partial charge in [0, 0.05) is 18.2 Å². The Morgan fingerprint density at radius 1 is 1.48 bits per heavy atom. The fourth-order valence-corrected chi connectivity index (χ4v) is 2.37. The predicted molar refractivity (Wildman–Crippen MR) is 70.6 cm³/mol. The second kappa shape index (κ2) is 6.18. The third-order valence-corrected chi connectivity index (χ3v) is 3.28. The minimum Gasteiger partial charge on any atom is -0.397 e. The van der Waals surface area contributed by atoms with Gasteiger partial charge in [0.2, 0.25) is 0 Å². The summed E-state index contributed by atoms with van der Waals surface area (Å²) in [4.78, 5) is 15.7. The molecular formula is C13H13FN3O3Os. The number of para-hydroxylation sites is 1. The monoisotopic (exact) mass is 470 g/mol. The number of hydrogen-bond donors (Lipinski definition) is 2. The van der Waals surface area contributed by atoms with E-state index in [-0.39, 0.29) is 32.2 Å². The van der Waals surface area contributed by atoms with Crippen molar-refractivity contribution < 1.29 is 34.0 Å². The van der Waals surface area contributed by atoms with Gasteiger partial charge in [0.05, 0.1) is 5.52 Å². The molecule has 8 heteroatoms. The molecule has 1 saturated heterocycles. The molecule has 113 valence electrons. The number of nitrogens with zero attached hydrogens (tertiary/aromatic N) is 2. The molecule has 1 aliphatic heterocycles. The molecule has 1 aliphatic rings. The first-order valence-electron chi connectivity index (χ1n) is 6.14. The van der Waals surface area contributed by atoms with Crippen LogP contribution >= 0.6 is 0 Å². The summed E-state index contributed by atoms with van der Waals surface area (Å²) in [5.41, 5.74) is 5.47. The quantitative estimate of drug-likeness (QED) is 0.624. The molecule has 3 atom stereocenters. The van der Waals surface area contributed by atoms with Crippen LogP contribution in [0.3, 0.4) is 0 Å². The fourth-order valence-electron chi connectivity index (χ4n) is 2.37. The summed E-state index contributed by atoms with van der Waals surface area (Å²) in [7, 11) is 0. The van der Waals surface area contributed by atoms with Crippen molar-refractivity contribution in [1.82, 2.24) is 9.55 Å². The Bertz CT molecular complexity index is 709. The number of nitrogen functional groups attached to an aromatic ring is 1. The summed E-state index contributed by atoms with van der Waals surface area (Å²) in [6, 6.07) is 6.81. The number of aromatic nitrogens is 2. The summed E-state index contributed by atoms with van der Waals surface area (Å²) in [5, 5.41) is 9.58. The first-order valence-corrected chi connectivity index (χ1v) is 6.14. The summed E-state index contributed by atoms with van der Waals surface area (Å²) in [6.45, 7) is -0.341. The largest absolute Gasteiger partial charge is 1.00 e. The third kappa shape index (κ3) is 2.71. The van der Waals surface area contributed by atoms with Crippen LogP contribution in [-0.4, -0.2) is 33.5 Å². The number of aliphatic hydroxyl groups is 1. The van der Waals surface area contributed by atoms with Crippen molar-refractivity contribution in [1.29, 1.82) is 0 Å². The normalized spacial score (nSPS) is 25.0. The van der Waals surface area contributed by atoms with Crippen molar-refractivity contribution in [2.75, 3.05) is 12.3 Å². The van der Waals surface area contributed by atoms with Gasteiger partial charge in [-0.15, -0.1) is 0 Å². The SMILES string of the molecule is Nc1nc(=O)n([C@@H]2O[C@H](CO)[CH-][C@H]2F)c2ccccc12.[Os+]. The molecule has 0 bridgehead atoms. The molecule has 0 saturated carbocycles. The maximum absolute atomic E-state index is 14.0. The average molecular weight is 468 g/mol. The number of rotatable bonds is 2. The molecule has 3 N–H and O–H groups in total. The minimum atomic E-state index is -1.50. The maximum atomic E-state index is 14.0. The van der Waals surface area contributed by atoms with Crippen LogP contribution < -0.4 is 11.4 Å². The summed E-state index contributed by atoms with van der Waals surface area (Å²) >= 11 is 0. The maximum Gasteiger partial charge on any atom is 1.00 e. The van der Waals surface area contributed by atoms with Crippen molar-refractivity contribution in [3.05, 3.63) is 41.2 Å². The third-order valence-electron chi connectivity index (χ3n) is 3.28. The zero-order valence-electron chi connectivity index (χ0n) is 10.8. The molecule has 1 aromatic heterocycles. The van der Waals surface area contributed by atoms with Crippen molar-refractivity contribution in [3.8, 4) is 0 Å². The van der Waals surface area contributed by atoms with Gasteiger partial charge in [-0.1, -0.05) is 12.1 Å². The Morgan fingerprint density at radius 3 is 2.86 bits per heavy atom. The summed E-state index contributed by atoms with van der Waals surface area (Å²) in [5.74, 6) is 0.0953. The van der Waals surface area contributed by atoms with Gasteiger partial charge in [0.25, 0.3) is 0 Å². The first-order chi connectivity index (χ1) is 9.61. The van der Waals surface area contributed by atoms with Crippen LogP contribution in [0.4, 0.5) is 10.2 Å². The molecule has 1 aromatic carbocycles. The molecule has 1 radical (unpaired) electrons. The summed E-state index contributed by atoms with van der Waals surface area (Å²) < 4.78 is 20.5. The van der Waals surface area contributed by atoms with E-state index in [1.807, 2.05) is 0 Å². The molecule has 2 heterocycles. The number of hydrogen-bond acceptors (Lipinski definition) is 5. The van der Waals surface area contributed by atoms with Crippen molar-refractivity contribution in [2.45, 2.75) is 18.5 Å². The second-order valence-corrected chi connectivity index (χ2v) is 4.55. The zero-order chi connectivity index (χ0) is 14.3. The molecule has 3 rings (SSSR count). The van der Waals surface area contributed by atoms with E-state index in [1.165, 1.54) is 6.42 Å². The minimum absolute atomic E-state index is 0. The topological polar surface area (TPSA) is 90.4 Å². The summed E-state index contributed by atoms with van der Waals surface area (Å²) in [6.07, 6.45) is -2.16. The number of fused-ring (bicyclic) bond motifs is 1. The molecule has 2 aromatic rings. The number of halogens is 1. The molecule has 0 amide bonds. The smallest absolute Gasteiger partial charge is 0.397 e. The van der Waals surface area contributed by atoms with Crippen LogP contribution in [0, 0.1) is 6.42 Å². The molecule has 1 fully saturated rings. The predicted octanol–water partition coefficient (Wildman–Crippen LogP) is 0.408. The number of ether oxygens (including phenoxy) is 1. The van der Waals surface area contributed by atoms with Gasteiger partial charge in [-0.05, 0) is 18.2 Å². The van der Waals surface area contributed by atoms with Gasteiger partial charge in [0.1, 0.15) is 12.0 Å². The van der Waals surface area contributed by atoms with E-state index in [4.69, 9.17) is 15.6 Å². The number of benzene rings is 1. The standard InChI is InChI=1S/C13H13FN3O3.Os/c14-9-5-7(6-18)20-12(9)17-10-4-2-1-3-8(10)11(15)16-13(17)19;/h1-5,7,9,12,18H,6H2,(H2,15,16,19);/q-1;+1/t7-,9+,12+;/m0./s1. The van der Waals surface area contributed by atoms with E-state index in [1.54, 1.807) is 24.3 Å². The van der Waals surface area contributed by atoms with Crippen LogP contribution in [0.5, 0.6) is 0 Å². The van der Waals surface area contributed by atoms with Gasteiger partial charge in [-0.25, -0.2) is 4.79 Å². The van der Waals surface area contributed by atoms with Crippen molar-refractivity contribution in [3.63, 3.8) is 0 Å². The number of aliphatic hydroxyl groups excluding tert-OH is 1. The van der Waals surface area contributed by atoms with Crippen LogP contribution in [0.25, 0.3) is 10.9 Å². The van der Waals surface area contributed by atoms with Gasteiger partial charge in [0.15, 0.2) is 0 Å². The fraction of sp³-hybridized carbons (Fsp3) is 0.308. The van der Waals surface area contributed by atoms with Crippen LogP contribution in [0.15, 0.2) is 29.1 Å². The van der Waals surface area contributed by atoms with Crippen molar-refractivity contribution in [2.24, 2.45) is 0 Å². The molecule has 6 nitrogen and oxygen atoms in total. The number of nitrogens with two attached hydrogens (primary N) is 1. The van der Waals surface area contributed by atoms with E-state index in [9.17, 15) is 9.18 Å². The Hall–Kier alpha value is -1.35. The Kier molecular flexibility index (Phi) is 4.72. The van der Waals surface area contributed by atoms with Crippen molar-refractivity contribution >= 4 is 16.7 Å². The van der Waals surface area contributed by atoms with Gasteiger partial charge >= 0.3 is 25.5 Å². The van der Waals surface area contributed by atoms with E-state index >= 15 is 0 Å². The zero-order valence-corrected chi connectivity index (χ0v) is 13.3.